The van der Waals surface area contributed by atoms with Gasteiger partial charge < -0.3 is 14.4 Å². The SMILES string of the molecule is COc1cc2ncnc(N3C=CC=C(CCNS(=O)O)C=C3)c2cc1OC. The first kappa shape index (κ1) is 19.0. The van der Waals surface area contributed by atoms with Gasteiger partial charge in [0.05, 0.1) is 19.7 Å². The monoisotopic (exact) mass is 388 g/mol. The average Bonchev–Trinajstić information content (AvgIpc) is 2.91. The largest absolute Gasteiger partial charge is 0.493 e. The van der Waals surface area contributed by atoms with E-state index < -0.39 is 11.3 Å². The summed E-state index contributed by atoms with van der Waals surface area (Å²) in [6.07, 6.45) is 11.7. The van der Waals surface area contributed by atoms with E-state index in [0.29, 0.717) is 30.3 Å². The summed E-state index contributed by atoms with van der Waals surface area (Å²) in [7, 11) is 3.17. The van der Waals surface area contributed by atoms with Crippen molar-refractivity contribution in [3.63, 3.8) is 0 Å². The lowest BCUT2D eigenvalue weighted by Crippen LogP contribution is -2.17. The minimum Gasteiger partial charge on any atom is -0.493 e. The molecule has 1 unspecified atom stereocenters. The van der Waals surface area contributed by atoms with E-state index in [1.54, 1.807) is 14.2 Å². The summed E-state index contributed by atoms with van der Waals surface area (Å²) in [6, 6.07) is 3.67. The van der Waals surface area contributed by atoms with Crippen LogP contribution in [0.25, 0.3) is 10.9 Å². The number of aromatic nitrogens is 2. The van der Waals surface area contributed by atoms with Gasteiger partial charge in [0.15, 0.2) is 11.5 Å². The van der Waals surface area contributed by atoms with Crippen LogP contribution in [0.1, 0.15) is 6.42 Å². The van der Waals surface area contributed by atoms with Crippen molar-refractivity contribution in [2.75, 3.05) is 25.7 Å². The first-order valence-corrected chi connectivity index (χ1v) is 9.28. The predicted molar refractivity (Wildman–Crippen MR) is 105 cm³/mol. The second kappa shape index (κ2) is 8.76. The number of nitrogens with zero attached hydrogens (tertiary/aromatic N) is 3. The lowest BCUT2D eigenvalue weighted by Gasteiger charge is -2.17. The minimum absolute atomic E-state index is 0.403. The fourth-order valence-corrected chi connectivity index (χ4v) is 2.98. The van der Waals surface area contributed by atoms with Crippen molar-refractivity contribution in [1.29, 1.82) is 0 Å². The highest BCUT2D eigenvalue weighted by molar-refractivity contribution is 7.77. The van der Waals surface area contributed by atoms with Crippen LogP contribution in [-0.2, 0) is 11.3 Å². The van der Waals surface area contributed by atoms with E-state index in [0.717, 1.165) is 16.5 Å². The summed E-state index contributed by atoms with van der Waals surface area (Å²) in [4.78, 5) is 10.6. The van der Waals surface area contributed by atoms with Gasteiger partial charge in [0.2, 0.25) is 11.3 Å². The molecule has 0 bridgehead atoms. The van der Waals surface area contributed by atoms with Gasteiger partial charge in [0.1, 0.15) is 12.1 Å². The highest BCUT2D eigenvalue weighted by atomic mass is 32.2. The first-order valence-electron chi connectivity index (χ1n) is 8.17. The Hall–Kier alpha value is -2.75. The lowest BCUT2D eigenvalue weighted by molar-refractivity contribution is 0.356. The number of anilines is 1. The zero-order valence-corrected chi connectivity index (χ0v) is 15.8. The average molecular weight is 388 g/mol. The Morgan fingerprint density at radius 1 is 1.19 bits per heavy atom. The van der Waals surface area contributed by atoms with E-state index in [-0.39, 0.29) is 0 Å². The highest BCUT2D eigenvalue weighted by Gasteiger charge is 2.14. The number of nitrogens with one attached hydrogen (secondary N) is 1. The molecule has 9 heteroatoms. The molecular weight excluding hydrogens is 368 g/mol. The molecule has 0 aliphatic carbocycles. The van der Waals surface area contributed by atoms with Gasteiger partial charge in [-0.05, 0) is 30.2 Å². The van der Waals surface area contributed by atoms with Crippen LogP contribution in [0.4, 0.5) is 5.82 Å². The number of hydrogen-bond donors (Lipinski definition) is 2. The summed E-state index contributed by atoms with van der Waals surface area (Å²) in [5.74, 6) is 1.91. The molecule has 0 fully saturated rings. The van der Waals surface area contributed by atoms with Crippen LogP contribution in [0.15, 0.2) is 54.7 Å². The second-order valence-corrected chi connectivity index (χ2v) is 6.41. The van der Waals surface area contributed by atoms with Gasteiger partial charge in [0, 0.05) is 30.4 Å². The second-order valence-electron chi connectivity index (χ2n) is 5.62. The molecule has 2 N–H and O–H groups in total. The molecule has 0 radical (unpaired) electrons. The third kappa shape index (κ3) is 4.51. The Kier molecular flexibility index (Phi) is 6.17. The molecule has 27 heavy (non-hydrogen) atoms. The van der Waals surface area contributed by atoms with Gasteiger partial charge in [-0.2, -0.15) is 0 Å². The Labute approximate surface area is 159 Å². The number of allylic oxidation sites excluding steroid dienone is 3. The third-order valence-corrected chi connectivity index (χ3v) is 4.46. The molecule has 2 heterocycles. The van der Waals surface area contributed by atoms with Gasteiger partial charge in [-0.15, -0.1) is 0 Å². The van der Waals surface area contributed by atoms with Crippen LogP contribution in [0.2, 0.25) is 0 Å². The summed E-state index contributed by atoms with van der Waals surface area (Å²) < 4.78 is 32.7. The van der Waals surface area contributed by atoms with Gasteiger partial charge in [-0.3, -0.25) is 4.55 Å². The molecule has 3 rings (SSSR count). The van der Waals surface area contributed by atoms with Gasteiger partial charge in [-0.25, -0.2) is 18.9 Å². The van der Waals surface area contributed by atoms with Crippen LogP contribution >= 0.6 is 0 Å². The zero-order chi connectivity index (χ0) is 19.2. The molecule has 1 aromatic carbocycles. The standard InChI is InChI=1S/C18H20N4O4S/c1-25-16-10-14-15(11-17(16)26-2)19-12-20-18(14)22-8-3-4-13(6-9-22)5-7-21-27(23)24/h3-4,6,8-12,21H,5,7H2,1-2H3,(H,23,24). The molecule has 0 amide bonds. The van der Waals surface area contributed by atoms with Gasteiger partial charge in [-0.1, -0.05) is 6.08 Å². The number of methoxy groups -OCH3 is 2. The van der Waals surface area contributed by atoms with Crippen LogP contribution < -0.4 is 19.1 Å². The highest BCUT2D eigenvalue weighted by Crippen LogP contribution is 2.35. The van der Waals surface area contributed by atoms with Crippen molar-refractivity contribution in [1.82, 2.24) is 14.7 Å². The Bertz CT molecular complexity index is 942. The fraction of sp³-hybridized carbons (Fsp3) is 0.222. The van der Waals surface area contributed by atoms with Gasteiger partial charge in [0.25, 0.3) is 0 Å². The first-order chi connectivity index (χ1) is 13.1. The summed E-state index contributed by atoms with van der Waals surface area (Å²) in [6.45, 7) is 0.403. The van der Waals surface area contributed by atoms with E-state index >= 15 is 0 Å². The quantitative estimate of drug-likeness (QED) is 0.704. The maximum absolute atomic E-state index is 10.7. The van der Waals surface area contributed by atoms with Crippen LogP contribution in [0.5, 0.6) is 11.5 Å². The normalized spacial score (nSPS) is 14.8. The molecule has 142 valence electrons. The van der Waals surface area contributed by atoms with Crippen molar-refractivity contribution in [2.45, 2.75) is 6.42 Å². The molecule has 8 nitrogen and oxygen atoms in total. The van der Waals surface area contributed by atoms with Crippen LogP contribution in [0, 0.1) is 0 Å². The van der Waals surface area contributed by atoms with E-state index in [2.05, 4.69) is 14.7 Å². The summed E-state index contributed by atoms with van der Waals surface area (Å²) in [5.41, 5.74) is 1.76. The number of hydrogen-bond acceptors (Lipinski definition) is 6. The summed E-state index contributed by atoms with van der Waals surface area (Å²) in [5, 5.41) is 0.824. The molecule has 1 aliphatic rings. The Morgan fingerprint density at radius 3 is 2.70 bits per heavy atom. The molecule has 1 atom stereocenters. The number of fused-ring (bicyclic) bond motifs is 1. The number of ether oxygens (including phenoxy) is 2. The smallest absolute Gasteiger partial charge is 0.231 e. The topological polar surface area (TPSA) is 96.8 Å². The van der Waals surface area contributed by atoms with Crippen LogP contribution in [0.3, 0.4) is 0 Å². The molecule has 0 saturated heterocycles. The van der Waals surface area contributed by atoms with E-state index in [1.807, 2.05) is 47.7 Å². The van der Waals surface area contributed by atoms with Crippen molar-refractivity contribution >= 4 is 28.0 Å². The van der Waals surface area contributed by atoms with Crippen molar-refractivity contribution < 1.29 is 18.2 Å². The van der Waals surface area contributed by atoms with Crippen LogP contribution in [-0.4, -0.2) is 39.5 Å². The van der Waals surface area contributed by atoms with Crippen molar-refractivity contribution in [3.05, 3.63) is 54.7 Å². The van der Waals surface area contributed by atoms with E-state index in [9.17, 15) is 4.21 Å². The third-order valence-electron chi connectivity index (χ3n) is 4.01. The fourth-order valence-electron chi connectivity index (χ4n) is 2.71. The van der Waals surface area contributed by atoms with E-state index in [1.165, 1.54) is 6.33 Å². The predicted octanol–water partition coefficient (Wildman–Crippen LogP) is 2.54. The molecule has 0 spiro atoms. The lowest BCUT2D eigenvalue weighted by atomic mass is 10.2. The maximum atomic E-state index is 10.7. The number of benzene rings is 1. The van der Waals surface area contributed by atoms with E-state index in [4.69, 9.17) is 14.0 Å². The van der Waals surface area contributed by atoms with Crippen molar-refractivity contribution in [2.24, 2.45) is 0 Å². The molecular formula is C18H20N4O4S. The Balaban J connectivity index is 1.88. The number of rotatable bonds is 7. The van der Waals surface area contributed by atoms with Crippen molar-refractivity contribution in [3.8, 4) is 11.5 Å². The Morgan fingerprint density at radius 2 is 1.96 bits per heavy atom. The minimum atomic E-state index is -2.00. The summed E-state index contributed by atoms with van der Waals surface area (Å²) >= 11 is -2.00. The zero-order valence-electron chi connectivity index (χ0n) is 15.0. The maximum Gasteiger partial charge on any atom is 0.231 e. The molecule has 1 aliphatic heterocycles. The van der Waals surface area contributed by atoms with Gasteiger partial charge >= 0.3 is 0 Å². The molecule has 2 aromatic rings. The molecule has 0 saturated carbocycles. The molecule has 1 aromatic heterocycles.